The monoisotopic (exact) mass is 269 g/mol. The Kier molecular flexibility index (Phi) is 3.60. The van der Waals surface area contributed by atoms with Crippen LogP contribution in [0.3, 0.4) is 0 Å². The molecular formula is C14H23NO4. The van der Waals surface area contributed by atoms with Crippen LogP contribution >= 0.6 is 0 Å². The standard InChI is InChI=1S/C14H23NO4/c1-13(2,3)19-12(18)14(11(16)17)6-8-15(9-7-14)10-4-5-10/h10H,4-9H2,1-3H3,(H,16,17). The molecule has 0 atom stereocenters. The van der Waals surface area contributed by atoms with Gasteiger partial charge in [0.25, 0.3) is 0 Å². The van der Waals surface area contributed by atoms with Gasteiger partial charge in [0.1, 0.15) is 5.60 Å². The van der Waals surface area contributed by atoms with Crippen molar-refractivity contribution in [1.29, 1.82) is 0 Å². The van der Waals surface area contributed by atoms with Crippen molar-refractivity contribution in [2.45, 2.75) is 58.1 Å². The normalized spacial score (nSPS) is 23.9. The molecule has 2 rings (SSSR count). The summed E-state index contributed by atoms with van der Waals surface area (Å²) in [7, 11) is 0. The predicted molar refractivity (Wildman–Crippen MR) is 69.7 cm³/mol. The Hall–Kier alpha value is -1.10. The lowest BCUT2D eigenvalue weighted by molar-refractivity contribution is -0.180. The lowest BCUT2D eigenvalue weighted by Gasteiger charge is -2.38. The second-order valence-corrected chi connectivity index (χ2v) is 6.66. The van der Waals surface area contributed by atoms with E-state index in [0.717, 1.165) is 0 Å². The summed E-state index contributed by atoms with van der Waals surface area (Å²) < 4.78 is 5.31. The molecule has 1 N–H and O–H groups in total. The number of carboxylic acids is 1. The molecule has 5 nitrogen and oxygen atoms in total. The summed E-state index contributed by atoms with van der Waals surface area (Å²) >= 11 is 0. The molecule has 2 aliphatic rings. The van der Waals surface area contributed by atoms with Crippen molar-refractivity contribution in [2.75, 3.05) is 13.1 Å². The summed E-state index contributed by atoms with van der Waals surface area (Å²) in [6.07, 6.45) is 3.11. The number of hydrogen-bond acceptors (Lipinski definition) is 4. The fourth-order valence-corrected chi connectivity index (χ4v) is 2.59. The van der Waals surface area contributed by atoms with Crippen LogP contribution in [0, 0.1) is 5.41 Å². The third-order valence-electron chi connectivity index (χ3n) is 3.91. The maximum atomic E-state index is 12.2. The van der Waals surface area contributed by atoms with Crippen molar-refractivity contribution in [2.24, 2.45) is 5.41 Å². The molecule has 0 unspecified atom stereocenters. The SMILES string of the molecule is CC(C)(C)OC(=O)C1(C(=O)O)CCN(C2CC2)CC1. The molecule has 1 aliphatic carbocycles. The van der Waals surface area contributed by atoms with Gasteiger partial charge in [0.2, 0.25) is 0 Å². The fourth-order valence-electron chi connectivity index (χ4n) is 2.59. The lowest BCUT2D eigenvalue weighted by Crippen LogP contribution is -2.51. The summed E-state index contributed by atoms with van der Waals surface area (Å²) in [5.41, 5.74) is -1.99. The van der Waals surface area contributed by atoms with Gasteiger partial charge in [0.05, 0.1) is 0 Å². The summed E-state index contributed by atoms with van der Waals surface area (Å²) in [5.74, 6) is -1.62. The van der Waals surface area contributed by atoms with E-state index in [9.17, 15) is 14.7 Å². The number of rotatable bonds is 3. The first-order valence-electron chi connectivity index (χ1n) is 6.95. The number of carbonyl (C=O) groups is 2. The number of aliphatic carboxylic acids is 1. The number of nitrogens with zero attached hydrogens (tertiary/aromatic N) is 1. The zero-order valence-corrected chi connectivity index (χ0v) is 11.9. The number of carbonyl (C=O) groups excluding carboxylic acids is 1. The molecular weight excluding hydrogens is 246 g/mol. The molecule has 5 heteroatoms. The Morgan fingerprint density at radius 1 is 1.21 bits per heavy atom. The minimum absolute atomic E-state index is 0.355. The summed E-state index contributed by atoms with van der Waals surface area (Å²) in [6, 6.07) is 0.616. The minimum atomic E-state index is -1.35. The van der Waals surface area contributed by atoms with Gasteiger partial charge in [-0.3, -0.25) is 9.59 Å². The van der Waals surface area contributed by atoms with Crippen LogP contribution in [-0.2, 0) is 14.3 Å². The Morgan fingerprint density at radius 3 is 2.11 bits per heavy atom. The van der Waals surface area contributed by atoms with Crippen LogP contribution in [0.5, 0.6) is 0 Å². The van der Waals surface area contributed by atoms with E-state index in [4.69, 9.17) is 4.74 Å². The molecule has 0 bridgehead atoms. The molecule has 0 aromatic heterocycles. The number of likely N-dealkylation sites (tertiary alicyclic amines) is 1. The van der Waals surface area contributed by atoms with Crippen LogP contribution in [0.15, 0.2) is 0 Å². The van der Waals surface area contributed by atoms with Crippen molar-refractivity contribution in [3.63, 3.8) is 0 Å². The maximum absolute atomic E-state index is 12.2. The molecule has 0 spiro atoms. The summed E-state index contributed by atoms with van der Waals surface area (Å²) in [5, 5.41) is 9.48. The van der Waals surface area contributed by atoms with Crippen molar-refractivity contribution >= 4 is 11.9 Å². The van der Waals surface area contributed by atoms with E-state index in [1.807, 2.05) is 0 Å². The van der Waals surface area contributed by atoms with E-state index in [0.29, 0.717) is 32.0 Å². The van der Waals surface area contributed by atoms with E-state index >= 15 is 0 Å². The van der Waals surface area contributed by atoms with Crippen molar-refractivity contribution in [3.05, 3.63) is 0 Å². The smallest absolute Gasteiger partial charge is 0.324 e. The van der Waals surface area contributed by atoms with E-state index < -0.39 is 23.0 Å². The van der Waals surface area contributed by atoms with Gasteiger partial charge in [0.15, 0.2) is 5.41 Å². The number of carboxylic acid groups (broad SMARTS) is 1. The van der Waals surface area contributed by atoms with Gasteiger partial charge in [-0.25, -0.2) is 0 Å². The first-order valence-corrected chi connectivity index (χ1v) is 6.95. The second-order valence-electron chi connectivity index (χ2n) is 6.66. The van der Waals surface area contributed by atoms with Gasteiger partial charge in [-0.2, -0.15) is 0 Å². The van der Waals surface area contributed by atoms with Crippen LogP contribution in [0.1, 0.15) is 46.5 Å². The van der Waals surface area contributed by atoms with Crippen LogP contribution in [0.4, 0.5) is 0 Å². The van der Waals surface area contributed by atoms with Gasteiger partial charge in [-0.1, -0.05) is 0 Å². The highest BCUT2D eigenvalue weighted by molar-refractivity contribution is 5.99. The first kappa shape index (κ1) is 14.3. The van der Waals surface area contributed by atoms with Crippen molar-refractivity contribution < 1.29 is 19.4 Å². The third-order valence-corrected chi connectivity index (χ3v) is 3.91. The summed E-state index contributed by atoms with van der Waals surface area (Å²) in [4.78, 5) is 26.1. The Balaban J connectivity index is 2.06. The Bertz CT molecular complexity index is 373. The van der Waals surface area contributed by atoms with E-state index in [1.54, 1.807) is 20.8 Å². The molecule has 1 heterocycles. The largest absolute Gasteiger partial charge is 0.480 e. The number of piperidine rings is 1. The average molecular weight is 269 g/mol. The molecule has 0 aromatic rings. The highest BCUT2D eigenvalue weighted by atomic mass is 16.6. The van der Waals surface area contributed by atoms with Gasteiger partial charge in [0, 0.05) is 19.1 Å². The first-order chi connectivity index (χ1) is 8.74. The quantitative estimate of drug-likeness (QED) is 0.623. The molecule has 19 heavy (non-hydrogen) atoms. The Labute approximate surface area is 113 Å². The van der Waals surface area contributed by atoms with Gasteiger partial charge in [-0.05, 0) is 46.5 Å². The van der Waals surface area contributed by atoms with Crippen LogP contribution < -0.4 is 0 Å². The summed E-state index contributed by atoms with van der Waals surface area (Å²) in [6.45, 7) is 6.64. The van der Waals surface area contributed by atoms with E-state index in [1.165, 1.54) is 12.8 Å². The second kappa shape index (κ2) is 4.78. The maximum Gasteiger partial charge on any atom is 0.324 e. The highest BCUT2D eigenvalue weighted by Gasteiger charge is 2.51. The Morgan fingerprint density at radius 2 is 1.74 bits per heavy atom. The molecule has 1 saturated heterocycles. The number of hydrogen-bond donors (Lipinski definition) is 1. The van der Waals surface area contributed by atoms with Crippen molar-refractivity contribution in [3.8, 4) is 0 Å². The number of esters is 1. The molecule has 2 fully saturated rings. The highest BCUT2D eigenvalue weighted by Crippen LogP contribution is 2.38. The van der Waals surface area contributed by atoms with Gasteiger partial charge >= 0.3 is 11.9 Å². The van der Waals surface area contributed by atoms with Crippen molar-refractivity contribution in [1.82, 2.24) is 4.90 Å². The third kappa shape index (κ3) is 3.08. The zero-order chi connectivity index (χ0) is 14.3. The minimum Gasteiger partial charge on any atom is -0.480 e. The lowest BCUT2D eigenvalue weighted by atomic mass is 9.78. The van der Waals surface area contributed by atoms with E-state index in [-0.39, 0.29) is 0 Å². The zero-order valence-electron chi connectivity index (χ0n) is 11.9. The molecule has 0 aromatic carbocycles. The molecule has 108 valence electrons. The molecule has 1 aliphatic heterocycles. The van der Waals surface area contributed by atoms with Crippen LogP contribution in [0.25, 0.3) is 0 Å². The van der Waals surface area contributed by atoms with Crippen LogP contribution in [-0.4, -0.2) is 46.7 Å². The average Bonchev–Trinajstić information content (AvgIpc) is 3.10. The van der Waals surface area contributed by atoms with Gasteiger partial charge < -0.3 is 14.7 Å². The fraction of sp³-hybridized carbons (Fsp3) is 0.857. The van der Waals surface area contributed by atoms with Crippen LogP contribution in [0.2, 0.25) is 0 Å². The topological polar surface area (TPSA) is 66.8 Å². The predicted octanol–water partition coefficient (Wildman–Crippen LogP) is 1.66. The van der Waals surface area contributed by atoms with Gasteiger partial charge in [-0.15, -0.1) is 0 Å². The number of ether oxygens (including phenoxy) is 1. The molecule has 0 radical (unpaired) electrons. The van der Waals surface area contributed by atoms with E-state index in [2.05, 4.69) is 4.90 Å². The molecule has 1 saturated carbocycles. The molecule has 0 amide bonds.